The SMILES string of the molecule is CCOc1cccc(OC)c1C(C)CO. The van der Waals surface area contributed by atoms with Crippen LogP contribution in [-0.2, 0) is 0 Å². The van der Waals surface area contributed by atoms with Crippen molar-refractivity contribution >= 4 is 0 Å². The van der Waals surface area contributed by atoms with E-state index in [1.54, 1.807) is 7.11 Å². The summed E-state index contributed by atoms with van der Waals surface area (Å²) in [6.45, 7) is 4.58. The molecule has 0 saturated carbocycles. The molecule has 1 aromatic carbocycles. The van der Waals surface area contributed by atoms with Gasteiger partial charge in [-0.3, -0.25) is 0 Å². The van der Waals surface area contributed by atoms with E-state index in [-0.39, 0.29) is 12.5 Å². The number of ether oxygens (including phenoxy) is 2. The highest BCUT2D eigenvalue weighted by Gasteiger charge is 2.16. The van der Waals surface area contributed by atoms with E-state index in [0.29, 0.717) is 6.61 Å². The molecule has 0 aliphatic carbocycles. The molecular weight excluding hydrogens is 192 g/mol. The van der Waals surface area contributed by atoms with Gasteiger partial charge in [0.2, 0.25) is 0 Å². The molecule has 84 valence electrons. The van der Waals surface area contributed by atoms with E-state index in [2.05, 4.69) is 0 Å². The van der Waals surface area contributed by atoms with Gasteiger partial charge in [-0.25, -0.2) is 0 Å². The molecule has 15 heavy (non-hydrogen) atoms. The maximum Gasteiger partial charge on any atom is 0.126 e. The lowest BCUT2D eigenvalue weighted by atomic mass is 10.00. The maximum absolute atomic E-state index is 9.19. The Bertz CT molecular complexity index is 310. The lowest BCUT2D eigenvalue weighted by Gasteiger charge is -2.17. The van der Waals surface area contributed by atoms with E-state index >= 15 is 0 Å². The van der Waals surface area contributed by atoms with Crippen LogP contribution in [0.3, 0.4) is 0 Å². The van der Waals surface area contributed by atoms with Crippen LogP contribution in [-0.4, -0.2) is 25.4 Å². The van der Waals surface area contributed by atoms with E-state index in [0.717, 1.165) is 17.1 Å². The third-order valence-corrected chi connectivity index (χ3v) is 2.31. The van der Waals surface area contributed by atoms with Crippen molar-refractivity contribution in [1.82, 2.24) is 0 Å². The molecule has 1 unspecified atom stereocenters. The van der Waals surface area contributed by atoms with Crippen LogP contribution in [0.25, 0.3) is 0 Å². The van der Waals surface area contributed by atoms with Crippen LogP contribution in [0, 0.1) is 0 Å². The molecule has 3 nitrogen and oxygen atoms in total. The molecule has 0 radical (unpaired) electrons. The van der Waals surface area contributed by atoms with Gasteiger partial charge in [0, 0.05) is 18.1 Å². The first-order chi connectivity index (χ1) is 7.24. The summed E-state index contributed by atoms with van der Waals surface area (Å²) in [6, 6.07) is 5.66. The Labute approximate surface area is 90.6 Å². The van der Waals surface area contributed by atoms with Crippen molar-refractivity contribution in [3.8, 4) is 11.5 Å². The van der Waals surface area contributed by atoms with Crippen LogP contribution in [0.15, 0.2) is 18.2 Å². The molecular formula is C12H18O3. The standard InChI is InChI=1S/C12H18O3/c1-4-15-11-7-5-6-10(14-3)12(11)9(2)8-13/h5-7,9,13H,4,8H2,1-3H3. The number of hydrogen-bond donors (Lipinski definition) is 1. The molecule has 0 aliphatic heterocycles. The Kier molecular flexibility index (Phi) is 4.43. The van der Waals surface area contributed by atoms with E-state index in [1.807, 2.05) is 32.0 Å². The lowest BCUT2D eigenvalue weighted by molar-refractivity contribution is 0.262. The van der Waals surface area contributed by atoms with E-state index in [1.165, 1.54) is 0 Å². The van der Waals surface area contributed by atoms with E-state index in [9.17, 15) is 5.11 Å². The molecule has 1 N–H and O–H groups in total. The lowest BCUT2D eigenvalue weighted by Crippen LogP contribution is -2.05. The largest absolute Gasteiger partial charge is 0.496 e. The van der Waals surface area contributed by atoms with Crippen molar-refractivity contribution in [3.63, 3.8) is 0 Å². The fourth-order valence-electron chi connectivity index (χ4n) is 1.56. The second-order valence-corrected chi connectivity index (χ2v) is 3.39. The van der Waals surface area contributed by atoms with Gasteiger partial charge >= 0.3 is 0 Å². The predicted molar refractivity (Wildman–Crippen MR) is 59.7 cm³/mol. The van der Waals surface area contributed by atoms with Crippen LogP contribution in [0.4, 0.5) is 0 Å². The minimum atomic E-state index is 0.0164. The van der Waals surface area contributed by atoms with Gasteiger partial charge in [0.1, 0.15) is 11.5 Å². The average Bonchev–Trinajstić information content (AvgIpc) is 2.28. The molecule has 3 heteroatoms. The molecule has 1 atom stereocenters. The van der Waals surface area contributed by atoms with Crippen molar-refractivity contribution in [2.24, 2.45) is 0 Å². The van der Waals surface area contributed by atoms with Gasteiger partial charge in [0.25, 0.3) is 0 Å². The zero-order valence-electron chi connectivity index (χ0n) is 9.49. The van der Waals surface area contributed by atoms with Crippen molar-refractivity contribution in [1.29, 1.82) is 0 Å². The minimum absolute atomic E-state index is 0.0164. The molecule has 0 fully saturated rings. The summed E-state index contributed by atoms with van der Waals surface area (Å²) < 4.78 is 10.8. The molecule has 0 spiro atoms. The Balaban J connectivity index is 3.14. The van der Waals surface area contributed by atoms with Gasteiger partial charge < -0.3 is 14.6 Å². The van der Waals surface area contributed by atoms with Crippen LogP contribution in [0.5, 0.6) is 11.5 Å². The summed E-state index contributed by atoms with van der Waals surface area (Å²) in [5.41, 5.74) is 0.935. The highest BCUT2D eigenvalue weighted by atomic mass is 16.5. The Morgan fingerprint density at radius 1 is 1.33 bits per heavy atom. The van der Waals surface area contributed by atoms with Crippen LogP contribution >= 0.6 is 0 Å². The maximum atomic E-state index is 9.19. The third kappa shape index (κ3) is 2.63. The molecule has 0 aromatic heterocycles. The zero-order chi connectivity index (χ0) is 11.3. The summed E-state index contributed by atoms with van der Waals surface area (Å²) in [5, 5.41) is 9.19. The average molecular weight is 210 g/mol. The van der Waals surface area contributed by atoms with E-state index in [4.69, 9.17) is 9.47 Å². The van der Waals surface area contributed by atoms with Gasteiger partial charge in [-0.05, 0) is 19.1 Å². The summed E-state index contributed by atoms with van der Waals surface area (Å²) in [5.74, 6) is 1.57. The summed E-state index contributed by atoms with van der Waals surface area (Å²) >= 11 is 0. The fraction of sp³-hybridized carbons (Fsp3) is 0.500. The zero-order valence-corrected chi connectivity index (χ0v) is 9.49. The van der Waals surface area contributed by atoms with Crippen molar-refractivity contribution in [2.45, 2.75) is 19.8 Å². The van der Waals surface area contributed by atoms with Gasteiger partial charge in [-0.1, -0.05) is 13.0 Å². The smallest absolute Gasteiger partial charge is 0.126 e. The first-order valence-corrected chi connectivity index (χ1v) is 5.15. The number of hydrogen-bond acceptors (Lipinski definition) is 3. The molecule has 0 heterocycles. The minimum Gasteiger partial charge on any atom is -0.496 e. The summed E-state index contributed by atoms with van der Waals surface area (Å²) in [4.78, 5) is 0. The van der Waals surface area contributed by atoms with Crippen molar-refractivity contribution in [3.05, 3.63) is 23.8 Å². The molecule has 0 aliphatic rings. The number of rotatable bonds is 5. The molecule has 1 aromatic rings. The molecule has 0 saturated heterocycles. The number of aliphatic hydroxyl groups is 1. The Hall–Kier alpha value is -1.22. The van der Waals surface area contributed by atoms with Gasteiger partial charge in [0.05, 0.1) is 13.7 Å². The topological polar surface area (TPSA) is 38.7 Å². The highest BCUT2D eigenvalue weighted by molar-refractivity contribution is 5.47. The second kappa shape index (κ2) is 5.61. The molecule has 1 rings (SSSR count). The monoisotopic (exact) mass is 210 g/mol. The Morgan fingerprint density at radius 3 is 2.53 bits per heavy atom. The molecule has 0 amide bonds. The predicted octanol–water partition coefficient (Wildman–Crippen LogP) is 2.19. The van der Waals surface area contributed by atoms with Gasteiger partial charge in [0.15, 0.2) is 0 Å². The normalized spacial score (nSPS) is 12.3. The Morgan fingerprint density at radius 2 is 2.00 bits per heavy atom. The number of methoxy groups -OCH3 is 1. The highest BCUT2D eigenvalue weighted by Crippen LogP contribution is 2.34. The second-order valence-electron chi connectivity index (χ2n) is 3.39. The van der Waals surface area contributed by atoms with Crippen molar-refractivity contribution < 1.29 is 14.6 Å². The van der Waals surface area contributed by atoms with Crippen LogP contribution < -0.4 is 9.47 Å². The summed E-state index contributed by atoms with van der Waals surface area (Å²) in [6.07, 6.45) is 0. The summed E-state index contributed by atoms with van der Waals surface area (Å²) in [7, 11) is 1.62. The molecule has 0 bridgehead atoms. The van der Waals surface area contributed by atoms with Gasteiger partial charge in [-0.15, -0.1) is 0 Å². The van der Waals surface area contributed by atoms with Crippen molar-refractivity contribution in [2.75, 3.05) is 20.3 Å². The first kappa shape index (κ1) is 11.9. The third-order valence-electron chi connectivity index (χ3n) is 2.31. The van der Waals surface area contributed by atoms with Crippen LogP contribution in [0.1, 0.15) is 25.3 Å². The number of aliphatic hydroxyl groups excluding tert-OH is 1. The fourth-order valence-corrected chi connectivity index (χ4v) is 1.56. The number of benzene rings is 1. The van der Waals surface area contributed by atoms with Gasteiger partial charge in [-0.2, -0.15) is 0 Å². The first-order valence-electron chi connectivity index (χ1n) is 5.15. The van der Waals surface area contributed by atoms with E-state index < -0.39 is 0 Å². The quantitative estimate of drug-likeness (QED) is 0.809. The van der Waals surface area contributed by atoms with Crippen LogP contribution in [0.2, 0.25) is 0 Å².